The normalized spacial score (nSPS) is 15.9. The van der Waals surface area contributed by atoms with Crippen molar-refractivity contribution in [3.05, 3.63) is 81.8 Å². The minimum atomic E-state index is -0.461. The van der Waals surface area contributed by atoms with Crippen LogP contribution in [0.4, 0.5) is 15.9 Å². The molecule has 1 atom stereocenters. The first-order valence-corrected chi connectivity index (χ1v) is 9.79. The van der Waals surface area contributed by atoms with E-state index in [0.717, 1.165) is 5.56 Å². The highest BCUT2D eigenvalue weighted by Gasteiger charge is 2.31. The first kappa shape index (κ1) is 20.4. The van der Waals surface area contributed by atoms with E-state index in [0.29, 0.717) is 42.4 Å². The second-order valence-corrected chi connectivity index (χ2v) is 7.39. The van der Waals surface area contributed by atoms with E-state index in [9.17, 15) is 19.3 Å². The second kappa shape index (κ2) is 8.47. The maximum atomic E-state index is 13.1. The third-order valence-corrected chi connectivity index (χ3v) is 5.10. The predicted molar refractivity (Wildman–Crippen MR) is 113 cm³/mol. The third kappa shape index (κ3) is 4.66. The Kier molecular flexibility index (Phi) is 5.57. The minimum absolute atomic E-state index is 0.00690. The molecule has 31 heavy (non-hydrogen) atoms. The summed E-state index contributed by atoms with van der Waals surface area (Å²) in [7, 11) is 0. The van der Waals surface area contributed by atoms with Crippen molar-refractivity contribution in [3.8, 4) is 11.4 Å². The van der Waals surface area contributed by atoms with Crippen LogP contribution in [0.3, 0.4) is 0 Å². The molecule has 1 N–H and O–H groups in total. The summed E-state index contributed by atoms with van der Waals surface area (Å²) in [5.41, 5.74) is 2.22. The van der Waals surface area contributed by atoms with Gasteiger partial charge in [0, 0.05) is 42.5 Å². The Morgan fingerprint density at radius 1 is 1.16 bits per heavy atom. The van der Waals surface area contributed by atoms with Crippen LogP contribution in [0.2, 0.25) is 0 Å². The maximum absolute atomic E-state index is 13.1. The molecule has 9 heteroatoms. The Balaban J connectivity index is 1.47. The van der Waals surface area contributed by atoms with Gasteiger partial charge in [0.25, 0.3) is 5.69 Å². The summed E-state index contributed by atoms with van der Waals surface area (Å²) >= 11 is 0. The molecule has 158 valence electrons. The molecular formula is C22H20FN5O3. The van der Waals surface area contributed by atoms with Gasteiger partial charge >= 0.3 is 0 Å². The van der Waals surface area contributed by atoms with Gasteiger partial charge in [0.15, 0.2) is 5.82 Å². The van der Waals surface area contributed by atoms with Crippen LogP contribution < -0.4 is 5.32 Å². The second-order valence-electron chi connectivity index (χ2n) is 7.39. The summed E-state index contributed by atoms with van der Waals surface area (Å²) in [6.07, 6.45) is 0.621. The monoisotopic (exact) mass is 421 g/mol. The van der Waals surface area contributed by atoms with E-state index in [2.05, 4.69) is 15.3 Å². The quantitative estimate of drug-likeness (QED) is 0.481. The van der Waals surface area contributed by atoms with Crippen LogP contribution in [0.1, 0.15) is 17.7 Å². The van der Waals surface area contributed by atoms with E-state index in [-0.39, 0.29) is 17.4 Å². The van der Waals surface area contributed by atoms with Gasteiger partial charge in [-0.25, -0.2) is 14.4 Å². The van der Waals surface area contributed by atoms with Crippen LogP contribution >= 0.6 is 0 Å². The fourth-order valence-electron chi connectivity index (χ4n) is 3.52. The fraction of sp³-hybridized carbons (Fsp3) is 0.227. The summed E-state index contributed by atoms with van der Waals surface area (Å²) < 4.78 is 13.1. The molecule has 1 aliphatic rings. The van der Waals surface area contributed by atoms with Gasteiger partial charge in [-0.15, -0.1) is 0 Å². The molecule has 1 amide bonds. The number of anilines is 1. The summed E-state index contributed by atoms with van der Waals surface area (Å²) in [4.78, 5) is 33.8. The molecule has 2 aromatic carbocycles. The summed E-state index contributed by atoms with van der Waals surface area (Å²) in [6.45, 7) is 2.83. The topological polar surface area (TPSA) is 101 Å². The number of halogens is 1. The highest BCUT2D eigenvalue weighted by Crippen LogP contribution is 2.23. The zero-order valence-corrected chi connectivity index (χ0v) is 16.8. The van der Waals surface area contributed by atoms with Crippen molar-refractivity contribution in [2.24, 2.45) is 0 Å². The molecule has 0 saturated carbocycles. The van der Waals surface area contributed by atoms with Gasteiger partial charge in [0.05, 0.1) is 4.92 Å². The lowest BCUT2D eigenvalue weighted by Gasteiger charge is -2.18. The average Bonchev–Trinajstić information content (AvgIpc) is 3.08. The molecule has 1 saturated heterocycles. The lowest BCUT2D eigenvalue weighted by Crippen LogP contribution is -2.33. The van der Waals surface area contributed by atoms with Gasteiger partial charge in [-0.05, 0) is 43.2 Å². The number of non-ortho nitro benzene ring substituents is 1. The number of nitrogens with one attached hydrogen (secondary N) is 1. The fourth-order valence-corrected chi connectivity index (χ4v) is 3.52. The van der Waals surface area contributed by atoms with Crippen molar-refractivity contribution < 1.29 is 14.1 Å². The molecule has 0 aliphatic carbocycles. The van der Waals surface area contributed by atoms with Crippen LogP contribution in [0.25, 0.3) is 11.4 Å². The SMILES string of the molecule is Cc1cc(NC2CCN(Cc3ccc(F)cc3)C2=O)nc(-c2ccc([N+](=O)[O-])cc2)n1. The third-order valence-electron chi connectivity index (χ3n) is 5.10. The first-order valence-electron chi connectivity index (χ1n) is 9.79. The van der Waals surface area contributed by atoms with Gasteiger partial charge in [0.1, 0.15) is 17.7 Å². The summed E-state index contributed by atoms with van der Waals surface area (Å²) in [5, 5.41) is 14.0. The first-order chi connectivity index (χ1) is 14.9. The molecule has 1 unspecified atom stereocenters. The minimum Gasteiger partial charge on any atom is -0.358 e. The van der Waals surface area contributed by atoms with Crippen molar-refractivity contribution in [2.45, 2.75) is 25.9 Å². The smallest absolute Gasteiger partial charge is 0.269 e. The summed E-state index contributed by atoms with van der Waals surface area (Å²) in [5.74, 6) is 0.588. The number of likely N-dealkylation sites (tertiary alicyclic amines) is 1. The van der Waals surface area contributed by atoms with Crippen molar-refractivity contribution in [3.63, 3.8) is 0 Å². The molecule has 8 nitrogen and oxygen atoms in total. The van der Waals surface area contributed by atoms with Crippen LogP contribution in [0, 0.1) is 22.9 Å². The number of aromatic nitrogens is 2. The number of carbonyl (C=O) groups is 1. The van der Waals surface area contributed by atoms with Crippen molar-refractivity contribution in [2.75, 3.05) is 11.9 Å². The van der Waals surface area contributed by atoms with Gasteiger partial charge in [-0.1, -0.05) is 12.1 Å². The highest BCUT2D eigenvalue weighted by molar-refractivity contribution is 5.86. The number of nitro groups is 1. The maximum Gasteiger partial charge on any atom is 0.269 e. The molecular weight excluding hydrogens is 401 g/mol. The van der Waals surface area contributed by atoms with Gasteiger partial charge < -0.3 is 10.2 Å². The number of aryl methyl sites for hydroxylation is 1. The zero-order valence-electron chi connectivity index (χ0n) is 16.8. The Hall–Kier alpha value is -3.88. The molecule has 0 spiro atoms. The predicted octanol–water partition coefficient (Wildman–Crippen LogP) is 3.71. The van der Waals surface area contributed by atoms with E-state index in [4.69, 9.17) is 0 Å². The van der Waals surface area contributed by atoms with Crippen LogP contribution in [-0.4, -0.2) is 38.3 Å². The molecule has 1 fully saturated rings. The Labute approximate surface area is 177 Å². The van der Waals surface area contributed by atoms with Crippen LogP contribution in [0.15, 0.2) is 54.6 Å². The molecule has 1 aromatic heterocycles. The number of carbonyl (C=O) groups excluding carboxylic acids is 1. The van der Waals surface area contributed by atoms with E-state index < -0.39 is 11.0 Å². The average molecular weight is 421 g/mol. The van der Waals surface area contributed by atoms with Crippen molar-refractivity contribution in [1.29, 1.82) is 0 Å². The van der Waals surface area contributed by atoms with E-state index in [1.807, 2.05) is 6.92 Å². The standard InChI is InChI=1S/C22H20FN5O3/c1-14-12-20(26-21(24-14)16-4-8-18(9-5-16)28(30)31)25-19-10-11-27(22(19)29)13-15-2-6-17(23)7-3-15/h2-9,12,19H,10-11,13H2,1H3,(H,24,25,26). The molecule has 1 aliphatic heterocycles. The molecule has 0 radical (unpaired) electrons. The highest BCUT2D eigenvalue weighted by atomic mass is 19.1. The number of nitrogens with zero attached hydrogens (tertiary/aromatic N) is 4. The summed E-state index contributed by atoms with van der Waals surface area (Å²) in [6, 6.07) is 13.5. The number of rotatable bonds is 6. The molecule has 0 bridgehead atoms. The van der Waals surface area contributed by atoms with E-state index in [1.54, 1.807) is 35.2 Å². The van der Waals surface area contributed by atoms with E-state index in [1.165, 1.54) is 24.3 Å². The largest absolute Gasteiger partial charge is 0.358 e. The zero-order chi connectivity index (χ0) is 22.0. The van der Waals surface area contributed by atoms with Crippen molar-refractivity contribution >= 4 is 17.4 Å². The lowest BCUT2D eigenvalue weighted by molar-refractivity contribution is -0.384. The number of amides is 1. The van der Waals surface area contributed by atoms with E-state index >= 15 is 0 Å². The molecule has 3 aromatic rings. The van der Waals surface area contributed by atoms with Gasteiger partial charge in [-0.3, -0.25) is 14.9 Å². The van der Waals surface area contributed by atoms with Gasteiger partial charge in [0.2, 0.25) is 5.91 Å². The van der Waals surface area contributed by atoms with Crippen molar-refractivity contribution in [1.82, 2.24) is 14.9 Å². The Morgan fingerprint density at radius 2 is 1.87 bits per heavy atom. The van der Waals surface area contributed by atoms with Crippen LogP contribution in [0.5, 0.6) is 0 Å². The number of nitro benzene ring substituents is 1. The molecule has 2 heterocycles. The Morgan fingerprint density at radius 3 is 2.55 bits per heavy atom. The molecule has 4 rings (SSSR count). The van der Waals surface area contributed by atoms with Crippen LogP contribution in [-0.2, 0) is 11.3 Å². The number of hydrogen-bond donors (Lipinski definition) is 1. The lowest BCUT2D eigenvalue weighted by atomic mass is 10.2. The number of benzene rings is 2. The Bertz CT molecular complexity index is 1120. The van der Waals surface area contributed by atoms with Gasteiger partial charge in [-0.2, -0.15) is 0 Å². The number of hydrogen-bond acceptors (Lipinski definition) is 6.